The highest BCUT2D eigenvalue weighted by molar-refractivity contribution is 5.24. The molecule has 2 aromatic rings. The number of aromatic nitrogens is 2. The van der Waals surface area contributed by atoms with Crippen LogP contribution >= 0.6 is 0 Å². The summed E-state index contributed by atoms with van der Waals surface area (Å²) >= 11 is 0. The number of nitrogens with one attached hydrogen (secondary N) is 1. The van der Waals surface area contributed by atoms with Crippen LogP contribution in [-0.2, 0) is 17.6 Å². The molecule has 3 rings (SSSR count). The quantitative estimate of drug-likeness (QED) is 0.914. The van der Waals surface area contributed by atoms with Crippen molar-refractivity contribution in [2.75, 3.05) is 19.7 Å². The van der Waals surface area contributed by atoms with Gasteiger partial charge in [0.2, 0.25) is 5.89 Å². The van der Waals surface area contributed by atoms with E-state index in [9.17, 15) is 0 Å². The number of benzene rings is 1. The second-order valence-corrected chi connectivity index (χ2v) is 5.17. The van der Waals surface area contributed by atoms with Gasteiger partial charge in [0.15, 0.2) is 5.82 Å². The van der Waals surface area contributed by atoms with Crippen LogP contribution in [0.4, 0.5) is 0 Å². The summed E-state index contributed by atoms with van der Waals surface area (Å²) in [7, 11) is 0. The van der Waals surface area contributed by atoms with Crippen molar-refractivity contribution in [2.24, 2.45) is 0 Å². The molecule has 0 aliphatic carbocycles. The maximum Gasteiger partial charge on any atom is 0.229 e. The third-order valence-corrected chi connectivity index (χ3v) is 3.36. The van der Waals surface area contributed by atoms with Crippen LogP contribution in [0.5, 0.6) is 0 Å². The second kappa shape index (κ2) is 6.15. The Balaban J connectivity index is 1.61. The Morgan fingerprint density at radius 2 is 2.35 bits per heavy atom. The monoisotopic (exact) mass is 273 g/mol. The van der Waals surface area contributed by atoms with Gasteiger partial charge in [-0.25, -0.2) is 0 Å². The van der Waals surface area contributed by atoms with Gasteiger partial charge in [-0.05, 0) is 12.5 Å². The number of rotatable bonds is 4. The summed E-state index contributed by atoms with van der Waals surface area (Å²) in [4.78, 5) is 4.44. The molecule has 1 atom stereocenters. The zero-order valence-electron chi connectivity index (χ0n) is 11.6. The van der Waals surface area contributed by atoms with Gasteiger partial charge in [-0.3, -0.25) is 0 Å². The third-order valence-electron chi connectivity index (χ3n) is 3.36. The topological polar surface area (TPSA) is 60.2 Å². The Labute approximate surface area is 118 Å². The van der Waals surface area contributed by atoms with Crippen molar-refractivity contribution >= 4 is 0 Å². The average Bonchev–Trinajstić information content (AvgIpc) is 2.87. The predicted molar refractivity (Wildman–Crippen MR) is 74.6 cm³/mol. The maximum atomic E-state index is 5.63. The minimum Gasteiger partial charge on any atom is -0.375 e. The Morgan fingerprint density at radius 3 is 3.15 bits per heavy atom. The number of morpholine rings is 1. The molecule has 0 bridgehead atoms. The summed E-state index contributed by atoms with van der Waals surface area (Å²) in [6, 6.07) is 8.35. The van der Waals surface area contributed by atoms with Crippen LogP contribution in [0.1, 0.15) is 22.8 Å². The van der Waals surface area contributed by atoms with Crippen LogP contribution in [0, 0.1) is 6.92 Å². The lowest BCUT2D eigenvalue weighted by Crippen LogP contribution is -2.39. The predicted octanol–water partition coefficient (Wildman–Crippen LogP) is 1.50. The molecule has 5 nitrogen and oxygen atoms in total. The van der Waals surface area contributed by atoms with Gasteiger partial charge in [-0.15, -0.1) is 0 Å². The maximum absolute atomic E-state index is 5.63. The molecular formula is C15H19N3O2. The molecule has 2 heterocycles. The molecule has 1 aliphatic heterocycles. The molecule has 20 heavy (non-hydrogen) atoms. The van der Waals surface area contributed by atoms with Gasteiger partial charge in [0, 0.05) is 19.5 Å². The molecular weight excluding hydrogens is 254 g/mol. The molecule has 1 unspecified atom stereocenters. The summed E-state index contributed by atoms with van der Waals surface area (Å²) < 4.78 is 10.9. The number of aryl methyl sites for hydroxylation is 1. The fraction of sp³-hybridized carbons (Fsp3) is 0.467. The van der Waals surface area contributed by atoms with Crippen LogP contribution in [-0.4, -0.2) is 35.9 Å². The van der Waals surface area contributed by atoms with Gasteiger partial charge in [0.25, 0.3) is 0 Å². The first-order valence-electron chi connectivity index (χ1n) is 6.99. The normalized spacial score (nSPS) is 19.1. The first-order chi connectivity index (χ1) is 9.79. The molecule has 5 heteroatoms. The van der Waals surface area contributed by atoms with Gasteiger partial charge >= 0.3 is 0 Å². The highest BCUT2D eigenvalue weighted by atomic mass is 16.5. The van der Waals surface area contributed by atoms with Crippen LogP contribution in [0.25, 0.3) is 0 Å². The van der Waals surface area contributed by atoms with Crippen LogP contribution in [0.3, 0.4) is 0 Å². The lowest BCUT2D eigenvalue weighted by Gasteiger charge is -2.21. The SMILES string of the molecule is Cc1cccc(Cc2noc(CC3CNCCO3)n2)c1. The molecule has 1 fully saturated rings. The van der Waals surface area contributed by atoms with Crippen molar-refractivity contribution < 1.29 is 9.26 Å². The zero-order valence-corrected chi connectivity index (χ0v) is 11.6. The van der Waals surface area contributed by atoms with Gasteiger partial charge in [0.1, 0.15) is 0 Å². The van der Waals surface area contributed by atoms with E-state index in [-0.39, 0.29) is 6.10 Å². The molecule has 0 spiro atoms. The Morgan fingerprint density at radius 1 is 1.40 bits per heavy atom. The van der Waals surface area contributed by atoms with Crippen LogP contribution in [0.2, 0.25) is 0 Å². The standard InChI is InChI=1S/C15H19N3O2/c1-11-3-2-4-12(7-11)8-14-17-15(20-18-14)9-13-10-16-5-6-19-13/h2-4,7,13,16H,5-6,8-10H2,1H3. The van der Waals surface area contributed by atoms with Crippen molar-refractivity contribution in [3.8, 4) is 0 Å². The lowest BCUT2D eigenvalue weighted by atomic mass is 10.1. The van der Waals surface area contributed by atoms with E-state index in [0.717, 1.165) is 25.5 Å². The molecule has 1 aromatic heterocycles. The van der Waals surface area contributed by atoms with E-state index in [1.165, 1.54) is 11.1 Å². The molecule has 1 aromatic carbocycles. The van der Waals surface area contributed by atoms with Gasteiger partial charge in [-0.1, -0.05) is 35.0 Å². The highest BCUT2D eigenvalue weighted by Crippen LogP contribution is 2.11. The fourth-order valence-electron chi connectivity index (χ4n) is 2.40. The third kappa shape index (κ3) is 3.43. The largest absolute Gasteiger partial charge is 0.375 e. The minimum atomic E-state index is 0.135. The highest BCUT2D eigenvalue weighted by Gasteiger charge is 2.17. The second-order valence-electron chi connectivity index (χ2n) is 5.17. The summed E-state index contributed by atoms with van der Waals surface area (Å²) in [6.45, 7) is 4.59. The molecule has 0 saturated carbocycles. The fourth-order valence-corrected chi connectivity index (χ4v) is 2.40. The molecule has 0 amide bonds. The molecule has 1 N–H and O–H groups in total. The number of hydrogen-bond donors (Lipinski definition) is 1. The van der Waals surface area contributed by atoms with Gasteiger partial charge < -0.3 is 14.6 Å². The summed E-state index contributed by atoms with van der Waals surface area (Å²) in [5, 5.41) is 7.34. The van der Waals surface area contributed by atoms with E-state index in [0.29, 0.717) is 18.7 Å². The Kier molecular flexibility index (Phi) is 4.08. The van der Waals surface area contributed by atoms with Crippen molar-refractivity contribution in [1.82, 2.24) is 15.5 Å². The first kappa shape index (κ1) is 13.3. The molecule has 106 valence electrons. The summed E-state index contributed by atoms with van der Waals surface area (Å²) in [5.41, 5.74) is 2.45. The first-order valence-corrected chi connectivity index (χ1v) is 6.99. The summed E-state index contributed by atoms with van der Waals surface area (Å²) in [6.07, 6.45) is 1.51. The van der Waals surface area contributed by atoms with E-state index in [1.54, 1.807) is 0 Å². The number of hydrogen-bond acceptors (Lipinski definition) is 5. The van der Waals surface area contributed by atoms with E-state index in [2.05, 4.69) is 40.6 Å². The van der Waals surface area contributed by atoms with Crippen molar-refractivity contribution in [3.05, 3.63) is 47.1 Å². The van der Waals surface area contributed by atoms with Crippen molar-refractivity contribution in [3.63, 3.8) is 0 Å². The smallest absolute Gasteiger partial charge is 0.229 e. The average molecular weight is 273 g/mol. The van der Waals surface area contributed by atoms with Crippen LogP contribution in [0.15, 0.2) is 28.8 Å². The Bertz CT molecular complexity index is 562. The van der Waals surface area contributed by atoms with Crippen molar-refractivity contribution in [1.29, 1.82) is 0 Å². The summed E-state index contributed by atoms with van der Waals surface area (Å²) in [5.74, 6) is 1.38. The zero-order chi connectivity index (χ0) is 13.8. The molecule has 1 aliphatic rings. The van der Waals surface area contributed by atoms with E-state index in [4.69, 9.17) is 9.26 Å². The molecule has 0 radical (unpaired) electrons. The minimum absolute atomic E-state index is 0.135. The number of nitrogens with zero attached hydrogens (tertiary/aromatic N) is 2. The molecule has 1 saturated heterocycles. The van der Waals surface area contributed by atoms with E-state index >= 15 is 0 Å². The van der Waals surface area contributed by atoms with E-state index in [1.807, 2.05) is 6.07 Å². The van der Waals surface area contributed by atoms with Crippen molar-refractivity contribution in [2.45, 2.75) is 25.9 Å². The Hall–Kier alpha value is -1.72. The number of ether oxygens (including phenoxy) is 1. The van der Waals surface area contributed by atoms with Gasteiger partial charge in [0.05, 0.1) is 19.1 Å². The van der Waals surface area contributed by atoms with E-state index < -0.39 is 0 Å². The lowest BCUT2D eigenvalue weighted by molar-refractivity contribution is 0.0246. The van der Waals surface area contributed by atoms with Gasteiger partial charge in [-0.2, -0.15) is 4.98 Å². The van der Waals surface area contributed by atoms with Crippen LogP contribution < -0.4 is 5.32 Å².